The Labute approximate surface area is 135 Å². The first kappa shape index (κ1) is 17.2. The summed E-state index contributed by atoms with van der Waals surface area (Å²) in [6, 6.07) is 1.18. The number of rotatable bonds is 4. The standard InChI is InChI=1S/C14H16N4O6/c1-4-24-14(21)17(3)6-8-7(2)10(18(22)23)5-9-11(8)16-13(20)12(19)15-9/h5H,4,6H2,1-3H3,(H,15,19)(H,16,20). The van der Waals surface area contributed by atoms with Gasteiger partial charge in [-0.1, -0.05) is 0 Å². The van der Waals surface area contributed by atoms with Crippen LogP contribution in [0.1, 0.15) is 18.1 Å². The Morgan fingerprint density at radius 3 is 2.54 bits per heavy atom. The number of benzene rings is 1. The van der Waals surface area contributed by atoms with E-state index in [1.54, 1.807) is 6.92 Å². The maximum Gasteiger partial charge on any atom is 0.409 e. The molecule has 0 aliphatic heterocycles. The summed E-state index contributed by atoms with van der Waals surface area (Å²) in [6.07, 6.45) is -0.608. The number of nitrogens with one attached hydrogen (secondary N) is 2. The Morgan fingerprint density at radius 2 is 1.96 bits per heavy atom. The van der Waals surface area contributed by atoms with Crippen molar-refractivity contribution in [3.05, 3.63) is 48.0 Å². The highest BCUT2D eigenvalue weighted by Crippen LogP contribution is 2.28. The van der Waals surface area contributed by atoms with Crippen LogP contribution in [0.25, 0.3) is 11.0 Å². The molecule has 0 fully saturated rings. The van der Waals surface area contributed by atoms with Gasteiger partial charge in [-0.2, -0.15) is 0 Å². The first-order valence-corrected chi connectivity index (χ1v) is 7.07. The first-order chi connectivity index (χ1) is 11.3. The summed E-state index contributed by atoms with van der Waals surface area (Å²) < 4.78 is 4.87. The molecule has 24 heavy (non-hydrogen) atoms. The number of hydrogen-bond acceptors (Lipinski definition) is 6. The number of nitrogens with zero attached hydrogens (tertiary/aromatic N) is 2. The van der Waals surface area contributed by atoms with E-state index in [1.807, 2.05) is 0 Å². The van der Waals surface area contributed by atoms with E-state index in [0.29, 0.717) is 5.56 Å². The Bertz CT molecular complexity index is 929. The minimum absolute atomic E-state index is 0.0369. The second-order valence-electron chi connectivity index (χ2n) is 5.14. The molecule has 2 rings (SSSR count). The molecule has 0 radical (unpaired) electrons. The van der Waals surface area contributed by atoms with E-state index >= 15 is 0 Å². The fourth-order valence-corrected chi connectivity index (χ4v) is 2.34. The zero-order valence-corrected chi connectivity index (χ0v) is 13.3. The van der Waals surface area contributed by atoms with Crippen LogP contribution < -0.4 is 11.1 Å². The second kappa shape index (κ2) is 6.52. The number of carbonyl (C=O) groups excluding carboxylic acids is 1. The smallest absolute Gasteiger partial charge is 0.409 e. The predicted molar refractivity (Wildman–Crippen MR) is 85.1 cm³/mol. The molecule has 0 bridgehead atoms. The van der Waals surface area contributed by atoms with Gasteiger partial charge in [-0.15, -0.1) is 0 Å². The van der Waals surface area contributed by atoms with Gasteiger partial charge in [0, 0.05) is 24.2 Å². The van der Waals surface area contributed by atoms with Gasteiger partial charge < -0.3 is 19.6 Å². The molecule has 2 N–H and O–H groups in total. The highest BCUT2D eigenvalue weighted by Gasteiger charge is 2.22. The van der Waals surface area contributed by atoms with Crippen molar-refractivity contribution >= 4 is 22.8 Å². The van der Waals surface area contributed by atoms with Crippen molar-refractivity contribution in [3.63, 3.8) is 0 Å². The maximum absolute atomic E-state index is 11.8. The number of hydrogen-bond donors (Lipinski definition) is 2. The number of aromatic nitrogens is 2. The summed E-state index contributed by atoms with van der Waals surface area (Å²) in [5.41, 5.74) is -1.03. The lowest BCUT2D eigenvalue weighted by atomic mass is 10.0. The lowest BCUT2D eigenvalue weighted by Crippen LogP contribution is -2.31. The molecule has 0 spiro atoms. The molecular weight excluding hydrogens is 320 g/mol. The third-order valence-electron chi connectivity index (χ3n) is 3.55. The summed E-state index contributed by atoms with van der Waals surface area (Å²) in [5, 5.41) is 11.2. The van der Waals surface area contributed by atoms with Gasteiger partial charge in [0.05, 0.1) is 29.1 Å². The Kier molecular flexibility index (Phi) is 4.67. The van der Waals surface area contributed by atoms with Gasteiger partial charge in [0.1, 0.15) is 0 Å². The van der Waals surface area contributed by atoms with Crippen molar-refractivity contribution in [1.82, 2.24) is 14.9 Å². The summed E-state index contributed by atoms with van der Waals surface area (Å²) >= 11 is 0. The van der Waals surface area contributed by atoms with Crippen LogP contribution in [0.15, 0.2) is 15.7 Å². The SMILES string of the molecule is CCOC(=O)N(C)Cc1c(C)c([N+](=O)[O-])cc2[nH]c(=O)c(=O)[nH]c12. The number of ether oxygens (including phenoxy) is 1. The monoisotopic (exact) mass is 336 g/mol. The largest absolute Gasteiger partial charge is 0.450 e. The van der Waals surface area contributed by atoms with Crippen LogP contribution in [0.3, 0.4) is 0 Å². The summed E-state index contributed by atoms with van der Waals surface area (Å²) in [6.45, 7) is 3.31. The van der Waals surface area contributed by atoms with Crippen LogP contribution in [-0.4, -0.2) is 39.5 Å². The van der Waals surface area contributed by atoms with Crippen LogP contribution in [0.4, 0.5) is 10.5 Å². The van der Waals surface area contributed by atoms with E-state index in [-0.39, 0.29) is 35.4 Å². The van der Waals surface area contributed by atoms with Gasteiger partial charge >= 0.3 is 17.2 Å². The van der Waals surface area contributed by atoms with Crippen LogP contribution in [0.5, 0.6) is 0 Å². The van der Waals surface area contributed by atoms with Crippen molar-refractivity contribution in [3.8, 4) is 0 Å². The van der Waals surface area contributed by atoms with E-state index in [2.05, 4.69) is 9.97 Å². The molecular formula is C14H16N4O6. The van der Waals surface area contributed by atoms with Crippen molar-refractivity contribution in [1.29, 1.82) is 0 Å². The van der Waals surface area contributed by atoms with Gasteiger partial charge in [-0.3, -0.25) is 19.7 Å². The Morgan fingerprint density at radius 1 is 1.33 bits per heavy atom. The molecule has 0 atom stereocenters. The average molecular weight is 336 g/mol. The van der Waals surface area contributed by atoms with Crippen LogP contribution in [-0.2, 0) is 11.3 Å². The van der Waals surface area contributed by atoms with Crippen LogP contribution in [0.2, 0.25) is 0 Å². The summed E-state index contributed by atoms with van der Waals surface area (Å²) in [4.78, 5) is 51.4. The molecule has 1 amide bonds. The molecule has 2 aromatic rings. The molecule has 10 nitrogen and oxygen atoms in total. The van der Waals surface area contributed by atoms with Gasteiger partial charge in [0.2, 0.25) is 0 Å². The highest BCUT2D eigenvalue weighted by molar-refractivity contribution is 5.83. The van der Waals surface area contributed by atoms with Gasteiger partial charge in [-0.05, 0) is 13.8 Å². The maximum atomic E-state index is 11.8. The Balaban J connectivity index is 2.69. The number of fused-ring (bicyclic) bond motifs is 1. The fourth-order valence-electron chi connectivity index (χ4n) is 2.34. The zero-order chi connectivity index (χ0) is 18.0. The molecule has 128 valence electrons. The van der Waals surface area contributed by atoms with Crippen molar-refractivity contribution < 1.29 is 14.5 Å². The molecule has 0 aliphatic carbocycles. The van der Waals surface area contributed by atoms with Crippen LogP contribution in [0, 0.1) is 17.0 Å². The normalized spacial score (nSPS) is 10.6. The van der Waals surface area contributed by atoms with Gasteiger partial charge in [0.25, 0.3) is 5.69 Å². The zero-order valence-electron chi connectivity index (χ0n) is 13.3. The minimum Gasteiger partial charge on any atom is -0.450 e. The van der Waals surface area contributed by atoms with E-state index in [0.717, 1.165) is 0 Å². The van der Waals surface area contributed by atoms with Crippen molar-refractivity contribution in [2.45, 2.75) is 20.4 Å². The fraction of sp³-hybridized carbons (Fsp3) is 0.357. The quantitative estimate of drug-likeness (QED) is 0.485. The molecule has 10 heteroatoms. The van der Waals surface area contributed by atoms with Gasteiger partial charge in [-0.25, -0.2) is 4.79 Å². The summed E-state index contributed by atoms with van der Waals surface area (Å²) in [7, 11) is 1.46. The molecule has 1 heterocycles. The van der Waals surface area contributed by atoms with E-state index in [9.17, 15) is 24.5 Å². The second-order valence-corrected chi connectivity index (χ2v) is 5.14. The van der Waals surface area contributed by atoms with Crippen LogP contribution >= 0.6 is 0 Å². The van der Waals surface area contributed by atoms with E-state index in [4.69, 9.17) is 4.74 Å². The average Bonchev–Trinajstić information content (AvgIpc) is 2.51. The number of nitro groups is 1. The van der Waals surface area contributed by atoms with E-state index < -0.39 is 22.1 Å². The molecule has 0 unspecified atom stereocenters. The number of nitro benzene ring substituents is 1. The highest BCUT2D eigenvalue weighted by atomic mass is 16.6. The molecule has 0 aliphatic rings. The third-order valence-corrected chi connectivity index (χ3v) is 3.55. The first-order valence-electron chi connectivity index (χ1n) is 7.07. The topological polar surface area (TPSA) is 138 Å². The number of amides is 1. The van der Waals surface area contributed by atoms with E-state index in [1.165, 1.54) is 24.9 Å². The van der Waals surface area contributed by atoms with Crippen molar-refractivity contribution in [2.75, 3.05) is 13.7 Å². The molecule has 1 aromatic carbocycles. The lowest BCUT2D eigenvalue weighted by Gasteiger charge is -2.19. The molecule has 1 aromatic heterocycles. The third kappa shape index (κ3) is 3.12. The van der Waals surface area contributed by atoms with Gasteiger partial charge in [0.15, 0.2) is 0 Å². The molecule has 0 saturated carbocycles. The minimum atomic E-state index is -0.912. The number of aromatic amines is 2. The number of H-pyrrole nitrogens is 2. The van der Waals surface area contributed by atoms with Crippen molar-refractivity contribution in [2.24, 2.45) is 0 Å². The predicted octanol–water partition coefficient (Wildman–Crippen LogP) is 1.02. The number of carbonyl (C=O) groups is 1. The Hall–Kier alpha value is -3.17. The lowest BCUT2D eigenvalue weighted by molar-refractivity contribution is -0.385. The molecule has 0 saturated heterocycles. The summed E-state index contributed by atoms with van der Waals surface area (Å²) in [5.74, 6) is 0.